The van der Waals surface area contributed by atoms with Gasteiger partial charge in [-0.25, -0.2) is 0 Å². The maximum atomic E-state index is 3.79. The molecule has 0 spiro atoms. The smallest absolute Gasteiger partial charge is 0.0356 e. The Morgan fingerprint density at radius 3 is 2.65 bits per heavy atom. The normalized spacial score (nSPS) is 23.6. The lowest BCUT2D eigenvalue weighted by atomic mass is 9.64. The van der Waals surface area contributed by atoms with Gasteiger partial charge in [-0.15, -0.1) is 0 Å². The van der Waals surface area contributed by atoms with Crippen molar-refractivity contribution in [3.8, 4) is 0 Å². The van der Waals surface area contributed by atoms with E-state index in [1.165, 1.54) is 42.4 Å². The minimum absolute atomic E-state index is 0.446. The number of aryl methyl sites for hydroxylation is 1. The van der Waals surface area contributed by atoms with Crippen LogP contribution in [0.15, 0.2) is 18.2 Å². The summed E-state index contributed by atoms with van der Waals surface area (Å²) >= 11 is 0. The second-order valence-corrected chi connectivity index (χ2v) is 7.17. The van der Waals surface area contributed by atoms with E-state index in [0.717, 1.165) is 12.5 Å². The molecule has 112 valence electrons. The molecule has 0 radical (unpaired) electrons. The highest BCUT2D eigenvalue weighted by Crippen LogP contribution is 2.47. The lowest BCUT2D eigenvalue weighted by molar-refractivity contribution is 0.0986. The van der Waals surface area contributed by atoms with Gasteiger partial charge in [0.05, 0.1) is 0 Å². The topological polar surface area (TPSA) is 12.0 Å². The van der Waals surface area contributed by atoms with Crippen LogP contribution in [0.1, 0.15) is 69.2 Å². The Labute approximate surface area is 125 Å². The number of rotatable bonds is 4. The summed E-state index contributed by atoms with van der Waals surface area (Å²) in [5.74, 6) is 0.747. The minimum atomic E-state index is 0.446. The zero-order valence-corrected chi connectivity index (χ0v) is 13.9. The van der Waals surface area contributed by atoms with Gasteiger partial charge in [-0.1, -0.05) is 51.8 Å². The third kappa shape index (κ3) is 3.09. The summed E-state index contributed by atoms with van der Waals surface area (Å²) in [6.07, 6.45) is 5.51. The number of hydrogen-bond donors (Lipinski definition) is 1. The first-order chi connectivity index (χ1) is 9.47. The van der Waals surface area contributed by atoms with Crippen molar-refractivity contribution in [2.24, 2.45) is 11.3 Å². The van der Waals surface area contributed by atoms with E-state index >= 15 is 0 Å². The van der Waals surface area contributed by atoms with Crippen LogP contribution < -0.4 is 5.32 Å². The Bertz CT molecular complexity index is 447. The molecule has 1 aromatic carbocycles. The van der Waals surface area contributed by atoms with Crippen molar-refractivity contribution in [1.82, 2.24) is 5.32 Å². The van der Waals surface area contributed by atoms with Crippen molar-refractivity contribution < 1.29 is 0 Å². The minimum Gasteiger partial charge on any atom is -0.310 e. The SMILES string of the molecule is CCNC(c1cccc(C)c1C)C1CCCCC1(C)C. The molecule has 20 heavy (non-hydrogen) atoms. The van der Waals surface area contributed by atoms with Gasteiger partial charge in [0, 0.05) is 6.04 Å². The summed E-state index contributed by atoms with van der Waals surface area (Å²) in [4.78, 5) is 0. The van der Waals surface area contributed by atoms with Crippen LogP contribution in [0, 0.1) is 25.2 Å². The zero-order valence-electron chi connectivity index (χ0n) is 13.9. The van der Waals surface area contributed by atoms with E-state index in [0.29, 0.717) is 11.5 Å². The Balaban J connectivity index is 2.37. The maximum absolute atomic E-state index is 3.79. The molecule has 0 saturated heterocycles. The van der Waals surface area contributed by atoms with E-state index in [-0.39, 0.29) is 0 Å². The summed E-state index contributed by atoms with van der Waals surface area (Å²) < 4.78 is 0. The van der Waals surface area contributed by atoms with Gasteiger partial charge < -0.3 is 5.32 Å². The van der Waals surface area contributed by atoms with Crippen molar-refractivity contribution >= 4 is 0 Å². The Kier molecular flexibility index (Phi) is 4.90. The summed E-state index contributed by atoms with van der Waals surface area (Å²) in [5, 5.41) is 3.79. The third-order valence-electron chi connectivity index (χ3n) is 5.40. The molecule has 1 aliphatic carbocycles. The van der Waals surface area contributed by atoms with Crippen molar-refractivity contribution in [3.63, 3.8) is 0 Å². The molecule has 1 saturated carbocycles. The van der Waals surface area contributed by atoms with Crippen molar-refractivity contribution in [2.75, 3.05) is 6.54 Å². The summed E-state index contributed by atoms with van der Waals surface area (Å²) in [6.45, 7) is 12.7. The van der Waals surface area contributed by atoms with Crippen LogP contribution in [0.25, 0.3) is 0 Å². The first kappa shape index (κ1) is 15.6. The van der Waals surface area contributed by atoms with Crippen molar-refractivity contribution in [3.05, 3.63) is 34.9 Å². The van der Waals surface area contributed by atoms with Crippen molar-refractivity contribution in [1.29, 1.82) is 0 Å². The fourth-order valence-corrected chi connectivity index (χ4v) is 3.94. The van der Waals surface area contributed by atoms with Crippen LogP contribution in [0.5, 0.6) is 0 Å². The second kappa shape index (κ2) is 6.30. The number of nitrogens with one attached hydrogen (secondary N) is 1. The van der Waals surface area contributed by atoms with E-state index in [2.05, 4.69) is 58.1 Å². The Hall–Kier alpha value is -0.820. The molecule has 1 aromatic rings. The van der Waals surface area contributed by atoms with Gasteiger partial charge in [0.15, 0.2) is 0 Å². The van der Waals surface area contributed by atoms with Crippen LogP contribution in [0.3, 0.4) is 0 Å². The van der Waals surface area contributed by atoms with E-state index < -0.39 is 0 Å². The molecule has 1 nitrogen and oxygen atoms in total. The quantitative estimate of drug-likeness (QED) is 0.798. The largest absolute Gasteiger partial charge is 0.310 e. The van der Waals surface area contributed by atoms with Gasteiger partial charge in [-0.3, -0.25) is 0 Å². The summed E-state index contributed by atoms with van der Waals surface area (Å²) in [5.41, 5.74) is 4.85. The second-order valence-electron chi connectivity index (χ2n) is 7.17. The molecule has 1 N–H and O–H groups in total. The zero-order chi connectivity index (χ0) is 14.8. The van der Waals surface area contributed by atoms with Crippen LogP contribution in [0.4, 0.5) is 0 Å². The molecule has 0 heterocycles. The molecule has 0 aromatic heterocycles. The molecule has 2 atom stereocenters. The molecule has 2 unspecified atom stereocenters. The summed E-state index contributed by atoms with van der Waals surface area (Å²) in [7, 11) is 0. The standard InChI is InChI=1S/C19H31N/c1-6-20-18(16-11-9-10-14(2)15(16)3)17-12-7-8-13-19(17,4)5/h9-11,17-18,20H,6-8,12-13H2,1-5H3. The fraction of sp³-hybridized carbons (Fsp3) is 0.684. The molecular weight excluding hydrogens is 242 g/mol. The van der Waals surface area contributed by atoms with Crippen LogP contribution in [-0.4, -0.2) is 6.54 Å². The first-order valence-electron chi connectivity index (χ1n) is 8.27. The van der Waals surface area contributed by atoms with E-state index in [1.807, 2.05) is 0 Å². The number of benzene rings is 1. The maximum Gasteiger partial charge on any atom is 0.0356 e. The van der Waals surface area contributed by atoms with E-state index in [1.54, 1.807) is 0 Å². The Morgan fingerprint density at radius 2 is 2.00 bits per heavy atom. The van der Waals surface area contributed by atoms with Gasteiger partial charge in [-0.05, 0) is 61.3 Å². The average molecular weight is 273 g/mol. The van der Waals surface area contributed by atoms with Crippen LogP contribution in [0.2, 0.25) is 0 Å². The molecule has 2 rings (SSSR count). The van der Waals surface area contributed by atoms with Gasteiger partial charge in [0.1, 0.15) is 0 Å². The average Bonchev–Trinajstić information content (AvgIpc) is 2.40. The highest BCUT2D eigenvalue weighted by atomic mass is 14.9. The van der Waals surface area contributed by atoms with Crippen LogP contribution in [-0.2, 0) is 0 Å². The lowest BCUT2D eigenvalue weighted by Crippen LogP contribution is -2.39. The summed E-state index contributed by atoms with van der Waals surface area (Å²) in [6, 6.07) is 7.29. The first-order valence-corrected chi connectivity index (χ1v) is 8.27. The van der Waals surface area contributed by atoms with Gasteiger partial charge in [-0.2, -0.15) is 0 Å². The van der Waals surface area contributed by atoms with E-state index in [9.17, 15) is 0 Å². The van der Waals surface area contributed by atoms with Crippen LogP contribution >= 0.6 is 0 Å². The lowest BCUT2D eigenvalue weighted by Gasteiger charge is -2.44. The van der Waals surface area contributed by atoms with Crippen molar-refractivity contribution in [2.45, 2.75) is 66.3 Å². The molecular formula is C19H31N. The predicted molar refractivity (Wildman–Crippen MR) is 88.1 cm³/mol. The molecule has 0 amide bonds. The van der Waals surface area contributed by atoms with Gasteiger partial charge in [0.2, 0.25) is 0 Å². The fourth-order valence-electron chi connectivity index (χ4n) is 3.94. The predicted octanol–water partition coefficient (Wildman–Crippen LogP) is 5.17. The molecule has 0 bridgehead atoms. The molecule has 1 heteroatoms. The van der Waals surface area contributed by atoms with Gasteiger partial charge >= 0.3 is 0 Å². The third-order valence-corrected chi connectivity index (χ3v) is 5.40. The monoisotopic (exact) mass is 273 g/mol. The molecule has 1 aliphatic rings. The molecule has 0 aliphatic heterocycles. The highest BCUT2D eigenvalue weighted by Gasteiger charge is 2.38. The Morgan fingerprint density at radius 1 is 1.25 bits per heavy atom. The van der Waals surface area contributed by atoms with E-state index in [4.69, 9.17) is 0 Å². The van der Waals surface area contributed by atoms with Gasteiger partial charge in [0.25, 0.3) is 0 Å². The molecule has 1 fully saturated rings. The highest BCUT2D eigenvalue weighted by molar-refractivity contribution is 5.36. The number of hydrogen-bond acceptors (Lipinski definition) is 1.